The number of urea groups is 1. The molecule has 0 radical (unpaired) electrons. The molecule has 1 fully saturated rings. The number of hydrogen-bond acceptors (Lipinski definition) is 6. The van der Waals surface area contributed by atoms with E-state index in [-0.39, 0.29) is 11.9 Å². The minimum absolute atomic E-state index is 0.0803. The predicted molar refractivity (Wildman–Crippen MR) is 134 cm³/mol. The number of likely N-dealkylation sites (tertiary alicyclic amines) is 1. The second-order valence-corrected chi connectivity index (χ2v) is 9.68. The fourth-order valence-corrected chi connectivity index (χ4v) is 5.25. The van der Waals surface area contributed by atoms with E-state index in [1.165, 1.54) is 28.2 Å². The zero-order valence-corrected chi connectivity index (χ0v) is 19.3. The van der Waals surface area contributed by atoms with E-state index in [0.29, 0.717) is 23.1 Å². The van der Waals surface area contributed by atoms with Crippen molar-refractivity contribution in [3.8, 4) is 0 Å². The van der Waals surface area contributed by atoms with Crippen LogP contribution in [-0.2, 0) is 0 Å². The molecule has 166 valence electrons. The summed E-state index contributed by atoms with van der Waals surface area (Å²) in [6.45, 7) is 1.31. The minimum atomic E-state index is -0.205. The molecule has 9 heteroatoms. The van der Waals surface area contributed by atoms with Gasteiger partial charge < -0.3 is 10.2 Å². The second kappa shape index (κ2) is 9.51. The van der Waals surface area contributed by atoms with Crippen LogP contribution in [0.2, 0.25) is 0 Å². The highest BCUT2D eigenvalue weighted by molar-refractivity contribution is 7.22. The lowest BCUT2D eigenvalue weighted by atomic mass is 10.0. The first-order chi connectivity index (χ1) is 16.1. The number of amides is 3. The monoisotopic (exact) mass is 475 g/mol. The van der Waals surface area contributed by atoms with Gasteiger partial charge in [-0.2, -0.15) is 0 Å². The molecule has 0 spiro atoms. The minimum Gasteiger partial charge on any atom is -0.324 e. The summed E-state index contributed by atoms with van der Waals surface area (Å²) in [5.41, 5.74) is 2.89. The van der Waals surface area contributed by atoms with Gasteiger partial charge in [0.2, 0.25) is 0 Å². The molecule has 33 heavy (non-hydrogen) atoms. The molecule has 3 heterocycles. The molecule has 0 saturated carbocycles. The number of piperidine rings is 1. The standard InChI is InChI=1S/C24H21N5O2S2/c30-22(28-23-27-18-8-4-5-9-19(18)33-23)20-15-25-21(32-20)14-16-10-12-29(13-11-16)24(31)26-17-6-2-1-3-7-17/h1-9,14-15H,10-13H2,(H,26,31)(H,27,28,30). The highest BCUT2D eigenvalue weighted by atomic mass is 32.1. The molecule has 0 aliphatic carbocycles. The third kappa shape index (κ3) is 5.10. The Balaban J connectivity index is 1.17. The first kappa shape index (κ1) is 21.3. The van der Waals surface area contributed by atoms with E-state index < -0.39 is 0 Å². The fraction of sp³-hybridized carbons (Fsp3) is 0.167. The lowest BCUT2D eigenvalue weighted by molar-refractivity contribution is 0.103. The summed E-state index contributed by atoms with van der Waals surface area (Å²) in [5.74, 6) is -0.205. The Morgan fingerprint density at radius 3 is 2.48 bits per heavy atom. The van der Waals surface area contributed by atoms with Crippen molar-refractivity contribution in [2.75, 3.05) is 23.7 Å². The first-order valence-corrected chi connectivity index (χ1v) is 12.2. The number of fused-ring (bicyclic) bond motifs is 1. The highest BCUT2D eigenvalue weighted by Crippen LogP contribution is 2.27. The Kier molecular flexibility index (Phi) is 6.14. The number of para-hydroxylation sites is 2. The summed E-state index contributed by atoms with van der Waals surface area (Å²) in [4.78, 5) is 36.3. The van der Waals surface area contributed by atoms with E-state index in [0.717, 1.165) is 33.8 Å². The number of anilines is 2. The summed E-state index contributed by atoms with van der Waals surface area (Å²) in [6.07, 6.45) is 5.21. The Hall–Kier alpha value is -3.56. The Morgan fingerprint density at radius 2 is 1.70 bits per heavy atom. The van der Waals surface area contributed by atoms with Gasteiger partial charge in [0.1, 0.15) is 9.88 Å². The fourth-order valence-electron chi connectivity index (χ4n) is 3.58. The molecule has 3 amide bonds. The van der Waals surface area contributed by atoms with Crippen molar-refractivity contribution in [1.82, 2.24) is 14.9 Å². The van der Waals surface area contributed by atoms with Crippen LogP contribution in [0.5, 0.6) is 0 Å². The Bertz CT molecular complexity index is 1290. The van der Waals surface area contributed by atoms with E-state index in [9.17, 15) is 9.59 Å². The quantitative estimate of drug-likeness (QED) is 0.395. The SMILES string of the molecule is O=C(Nc1nc2ccccc2s1)c1cnc(C=C2CCN(C(=O)Nc3ccccc3)CC2)s1. The van der Waals surface area contributed by atoms with Crippen molar-refractivity contribution in [3.63, 3.8) is 0 Å². The molecule has 1 aliphatic rings. The number of nitrogens with one attached hydrogen (secondary N) is 2. The molecule has 1 saturated heterocycles. The molecule has 0 atom stereocenters. The van der Waals surface area contributed by atoms with Gasteiger partial charge in [0.25, 0.3) is 5.91 Å². The van der Waals surface area contributed by atoms with Gasteiger partial charge in [-0.25, -0.2) is 14.8 Å². The zero-order chi connectivity index (χ0) is 22.6. The van der Waals surface area contributed by atoms with Gasteiger partial charge in [-0.05, 0) is 43.2 Å². The molecule has 7 nitrogen and oxygen atoms in total. The van der Waals surface area contributed by atoms with E-state index >= 15 is 0 Å². The predicted octanol–water partition coefficient (Wildman–Crippen LogP) is 5.72. The van der Waals surface area contributed by atoms with Crippen molar-refractivity contribution in [2.24, 2.45) is 0 Å². The highest BCUT2D eigenvalue weighted by Gasteiger charge is 2.20. The van der Waals surface area contributed by atoms with Gasteiger partial charge in [0, 0.05) is 18.8 Å². The number of nitrogens with zero attached hydrogens (tertiary/aromatic N) is 3. The maximum atomic E-state index is 12.6. The molecule has 1 aliphatic heterocycles. The largest absolute Gasteiger partial charge is 0.324 e. The number of aromatic nitrogens is 2. The number of hydrogen-bond donors (Lipinski definition) is 2. The van der Waals surface area contributed by atoms with Crippen LogP contribution in [-0.4, -0.2) is 39.9 Å². The molecule has 2 aromatic heterocycles. The van der Waals surface area contributed by atoms with Gasteiger partial charge in [-0.3, -0.25) is 10.1 Å². The van der Waals surface area contributed by atoms with Gasteiger partial charge in [-0.1, -0.05) is 47.2 Å². The average molecular weight is 476 g/mol. The van der Waals surface area contributed by atoms with Crippen LogP contribution in [0.1, 0.15) is 27.5 Å². The molecular weight excluding hydrogens is 454 g/mol. The number of rotatable bonds is 4. The summed E-state index contributed by atoms with van der Waals surface area (Å²) in [6, 6.07) is 17.2. The molecule has 0 unspecified atom stereocenters. The number of carbonyl (C=O) groups excluding carboxylic acids is 2. The molecule has 2 aromatic carbocycles. The lowest BCUT2D eigenvalue weighted by Crippen LogP contribution is -2.39. The van der Waals surface area contributed by atoms with Crippen molar-refractivity contribution < 1.29 is 9.59 Å². The summed E-state index contributed by atoms with van der Waals surface area (Å²) in [5, 5.41) is 7.17. The van der Waals surface area contributed by atoms with E-state index in [1.54, 1.807) is 6.20 Å². The van der Waals surface area contributed by atoms with Crippen molar-refractivity contribution in [2.45, 2.75) is 12.8 Å². The van der Waals surface area contributed by atoms with Gasteiger partial charge >= 0.3 is 6.03 Å². The topological polar surface area (TPSA) is 87.2 Å². The van der Waals surface area contributed by atoms with E-state index in [2.05, 4.69) is 20.6 Å². The van der Waals surface area contributed by atoms with Crippen LogP contribution in [0.4, 0.5) is 15.6 Å². The molecule has 0 bridgehead atoms. The Morgan fingerprint density at radius 1 is 0.939 bits per heavy atom. The third-order valence-corrected chi connectivity index (χ3v) is 7.20. The van der Waals surface area contributed by atoms with Gasteiger partial charge in [0.05, 0.1) is 16.4 Å². The van der Waals surface area contributed by atoms with Crippen LogP contribution in [0.15, 0.2) is 66.4 Å². The van der Waals surface area contributed by atoms with Crippen LogP contribution < -0.4 is 10.6 Å². The summed E-state index contributed by atoms with van der Waals surface area (Å²) >= 11 is 2.80. The number of thiazole rings is 2. The molecule has 2 N–H and O–H groups in total. The molecule has 4 aromatic rings. The van der Waals surface area contributed by atoms with Crippen LogP contribution in [0.25, 0.3) is 16.3 Å². The van der Waals surface area contributed by atoms with E-state index in [1.807, 2.05) is 65.6 Å². The normalized spacial score (nSPS) is 13.7. The second-order valence-electron chi connectivity index (χ2n) is 7.59. The number of carbonyl (C=O) groups is 2. The van der Waals surface area contributed by atoms with Gasteiger partial charge in [0.15, 0.2) is 5.13 Å². The third-order valence-electron chi connectivity index (χ3n) is 5.31. The van der Waals surface area contributed by atoms with Crippen LogP contribution in [0.3, 0.4) is 0 Å². The number of benzene rings is 2. The zero-order valence-electron chi connectivity index (χ0n) is 17.7. The maximum absolute atomic E-state index is 12.6. The summed E-state index contributed by atoms with van der Waals surface area (Å²) in [7, 11) is 0. The van der Waals surface area contributed by atoms with Crippen LogP contribution >= 0.6 is 22.7 Å². The average Bonchev–Trinajstić information content (AvgIpc) is 3.46. The summed E-state index contributed by atoms with van der Waals surface area (Å²) < 4.78 is 1.03. The first-order valence-electron chi connectivity index (χ1n) is 10.6. The lowest BCUT2D eigenvalue weighted by Gasteiger charge is -2.28. The van der Waals surface area contributed by atoms with Crippen molar-refractivity contribution in [1.29, 1.82) is 0 Å². The molecule has 5 rings (SSSR count). The van der Waals surface area contributed by atoms with Crippen molar-refractivity contribution >= 4 is 61.7 Å². The Labute approximate surface area is 198 Å². The van der Waals surface area contributed by atoms with Crippen LogP contribution in [0, 0.1) is 0 Å². The van der Waals surface area contributed by atoms with Crippen molar-refractivity contribution in [3.05, 3.63) is 76.3 Å². The smallest absolute Gasteiger partial charge is 0.321 e. The molecular formula is C24H21N5O2S2. The van der Waals surface area contributed by atoms with E-state index in [4.69, 9.17) is 0 Å². The van der Waals surface area contributed by atoms with Gasteiger partial charge in [-0.15, -0.1) is 11.3 Å². The maximum Gasteiger partial charge on any atom is 0.321 e.